The van der Waals surface area contributed by atoms with Crippen LogP contribution in [-0.4, -0.2) is 47.1 Å². The summed E-state index contributed by atoms with van der Waals surface area (Å²) in [7, 11) is 0. The highest BCUT2D eigenvalue weighted by atomic mass is 16.7. The molecule has 0 bridgehead atoms. The van der Waals surface area contributed by atoms with Crippen LogP contribution < -0.4 is 5.48 Å². The number of nitrogens with zero attached hydrogens (tertiary/aromatic N) is 1. The molecule has 28 heavy (non-hydrogen) atoms. The predicted octanol–water partition coefficient (Wildman–Crippen LogP) is 2.29. The van der Waals surface area contributed by atoms with Gasteiger partial charge in [0.1, 0.15) is 0 Å². The molecule has 2 saturated carbocycles. The van der Waals surface area contributed by atoms with Crippen molar-refractivity contribution < 1.29 is 19.5 Å². The number of likely N-dealkylation sites (tertiary alicyclic amines) is 1. The molecular formula is C22H28N2O4. The molecule has 2 aliphatic heterocycles. The number of carboxylic acid groups (broad SMARTS) is 1. The van der Waals surface area contributed by atoms with Crippen molar-refractivity contribution in [1.29, 1.82) is 0 Å². The molecular weight excluding hydrogens is 356 g/mol. The Balaban J connectivity index is 1.20. The molecule has 6 heteroatoms. The lowest BCUT2D eigenvalue weighted by molar-refractivity contribution is -0.143. The number of fused-ring (bicyclic) bond motifs is 1. The van der Waals surface area contributed by atoms with Crippen molar-refractivity contribution in [2.24, 2.45) is 17.8 Å². The van der Waals surface area contributed by atoms with Crippen LogP contribution in [0.5, 0.6) is 0 Å². The predicted molar refractivity (Wildman–Crippen MR) is 103 cm³/mol. The van der Waals surface area contributed by atoms with E-state index in [1.807, 2.05) is 12.1 Å². The van der Waals surface area contributed by atoms with Crippen LogP contribution >= 0.6 is 0 Å². The lowest BCUT2D eigenvalue weighted by Crippen LogP contribution is -2.55. The fraction of sp³-hybridized carbons (Fsp3) is 0.636. The molecule has 1 aromatic carbocycles. The second-order valence-electron chi connectivity index (χ2n) is 9.74. The summed E-state index contributed by atoms with van der Waals surface area (Å²) in [5.41, 5.74) is 4.35. The van der Waals surface area contributed by atoms with Crippen LogP contribution in [0, 0.1) is 17.8 Å². The zero-order valence-corrected chi connectivity index (χ0v) is 16.5. The highest BCUT2D eigenvalue weighted by Crippen LogP contribution is 2.59. The standard InChI is InChI=1S/C22H28N2O4/c1-21(2,20(26)27)15-5-3-4-13(8-15)18-16-11-24(12-17(16)18)19(25)14-9-22(10-14)6-7-28-23-22/h3-5,8,14,16-18,23H,6-7,9-12H2,1-2H3,(H,26,27)/t14?,16-,17+,18?,22?. The number of piperidine rings is 1. The average Bonchev–Trinajstić information content (AvgIpc) is 3.03. The Morgan fingerprint density at radius 2 is 1.96 bits per heavy atom. The molecule has 1 spiro atoms. The lowest BCUT2D eigenvalue weighted by Gasteiger charge is -2.44. The number of amides is 1. The molecule has 2 aliphatic carbocycles. The number of carbonyl (C=O) groups excluding carboxylic acids is 1. The van der Waals surface area contributed by atoms with Crippen LogP contribution in [-0.2, 0) is 19.8 Å². The van der Waals surface area contributed by atoms with E-state index >= 15 is 0 Å². The van der Waals surface area contributed by atoms with E-state index in [-0.39, 0.29) is 11.5 Å². The summed E-state index contributed by atoms with van der Waals surface area (Å²) in [6.45, 7) is 5.92. The number of hydroxylamine groups is 1. The number of hydrogen-bond donors (Lipinski definition) is 2. The smallest absolute Gasteiger partial charge is 0.313 e. The van der Waals surface area contributed by atoms with Crippen LogP contribution in [0.2, 0.25) is 0 Å². The molecule has 6 nitrogen and oxygen atoms in total. The van der Waals surface area contributed by atoms with Crippen molar-refractivity contribution in [3.63, 3.8) is 0 Å². The number of aliphatic carboxylic acids is 1. The summed E-state index contributed by atoms with van der Waals surface area (Å²) in [4.78, 5) is 31.7. The number of carboxylic acids is 1. The Bertz CT molecular complexity index is 810. The minimum atomic E-state index is -0.889. The topological polar surface area (TPSA) is 78.9 Å². The summed E-state index contributed by atoms with van der Waals surface area (Å²) in [5.74, 6) is 1.16. The molecule has 0 aromatic heterocycles. The molecule has 150 valence electrons. The van der Waals surface area contributed by atoms with Gasteiger partial charge in [-0.25, -0.2) is 0 Å². The Labute approximate surface area is 165 Å². The van der Waals surface area contributed by atoms with Crippen molar-refractivity contribution in [2.45, 2.75) is 50.0 Å². The molecule has 2 saturated heterocycles. The fourth-order valence-corrected chi connectivity index (χ4v) is 5.56. The zero-order chi connectivity index (χ0) is 19.7. The van der Waals surface area contributed by atoms with Crippen molar-refractivity contribution in [1.82, 2.24) is 10.4 Å². The van der Waals surface area contributed by atoms with Crippen LogP contribution in [0.3, 0.4) is 0 Å². The second-order valence-corrected chi connectivity index (χ2v) is 9.74. The van der Waals surface area contributed by atoms with Gasteiger partial charge >= 0.3 is 5.97 Å². The Kier molecular flexibility index (Phi) is 3.91. The molecule has 1 aromatic rings. The summed E-state index contributed by atoms with van der Waals surface area (Å²) in [6, 6.07) is 8.04. The van der Waals surface area contributed by atoms with Gasteiger partial charge in [-0.1, -0.05) is 24.3 Å². The van der Waals surface area contributed by atoms with Gasteiger partial charge in [0.15, 0.2) is 0 Å². The Hall–Kier alpha value is -1.92. The highest BCUT2D eigenvalue weighted by Gasteiger charge is 2.59. The van der Waals surface area contributed by atoms with E-state index < -0.39 is 11.4 Å². The number of rotatable bonds is 4. The number of benzene rings is 1. The zero-order valence-electron chi connectivity index (χ0n) is 16.5. The third-order valence-electron chi connectivity index (χ3n) is 7.63. The normalized spacial score (nSPS) is 36.3. The van der Waals surface area contributed by atoms with Crippen molar-refractivity contribution >= 4 is 11.9 Å². The fourth-order valence-electron chi connectivity index (χ4n) is 5.56. The third-order valence-corrected chi connectivity index (χ3v) is 7.63. The van der Waals surface area contributed by atoms with Gasteiger partial charge in [-0.3, -0.25) is 9.59 Å². The molecule has 3 atom stereocenters. The third kappa shape index (κ3) is 2.69. The molecule has 1 unspecified atom stereocenters. The van der Waals surface area contributed by atoms with E-state index in [0.29, 0.717) is 23.7 Å². The van der Waals surface area contributed by atoms with E-state index in [1.54, 1.807) is 13.8 Å². The van der Waals surface area contributed by atoms with Gasteiger partial charge < -0.3 is 14.8 Å². The first kappa shape index (κ1) is 18.1. The minimum absolute atomic E-state index is 0.0584. The van der Waals surface area contributed by atoms with Crippen LogP contribution in [0.4, 0.5) is 0 Å². The van der Waals surface area contributed by atoms with Crippen LogP contribution in [0.1, 0.15) is 50.2 Å². The minimum Gasteiger partial charge on any atom is -0.481 e. The summed E-state index contributed by atoms with van der Waals surface area (Å²) in [5, 5.41) is 9.50. The summed E-state index contributed by atoms with van der Waals surface area (Å²) >= 11 is 0. The molecule has 1 amide bonds. The molecule has 4 fully saturated rings. The van der Waals surface area contributed by atoms with Gasteiger partial charge in [0.25, 0.3) is 0 Å². The molecule has 2 N–H and O–H groups in total. The maximum Gasteiger partial charge on any atom is 0.313 e. The monoisotopic (exact) mass is 384 g/mol. The Morgan fingerprint density at radius 1 is 1.25 bits per heavy atom. The van der Waals surface area contributed by atoms with Gasteiger partial charge in [0, 0.05) is 24.5 Å². The van der Waals surface area contributed by atoms with E-state index in [4.69, 9.17) is 4.84 Å². The van der Waals surface area contributed by atoms with Crippen LogP contribution in [0.15, 0.2) is 24.3 Å². The Morgan fingerprint density at radius 3 is 2.57 bits per heavy atom. The quantitative estimate of drug-likeness (QED) is 0.833. The van der Waals surface area contributed by atoms with E-state index in [2.05, 4.69) is 22.5 Å². The van der Waals surface area contributed by atoms with Crippen molar-refractivity contribution in [3.05, 3.63) is 35.4 Å². The maximum atomic E-state index is 12.8. The number of carbonyl (C=O) groups is 2. The van der Waals surface area contributed by atoms with Gasteiger partial charge in [-0.15, -0.1) is 0 Å². The first-order chi connectivity index (χ1) is 13.3. The van der Waals surface area contributed by atoms with Crippen molar-refractivity contribution in [2.75, 3.05) is 19.7 Å². The van der Waals surface area contributed by atoms with E-state index in [9.17, 15) is 14.7 Å². The van der Waals surface area contributed by atoms with Gasteiger partial charge in [-0.2, -0.15) is 5.48 Å². The first-order valence-corrected chi connectivity index (χ1v) is 10.3. The van der Waals surface area contributed by atoms with Gasteiger partial charge in [0.2, 0.25) is 5.91 Å². The second kappa shape index (κ2) is 6.04. The molecule has 4 aliphatic rings. The molecule has 0 radical (unpaired) electrons. The van der Waals surface area contributed by atoms with Gasteiger partial charge in [0.05, 0.1) is 12.0 Å². The number of nitrogens with one attached hydrogen (secondary N) is 1. The average molecular weight is 384 g/mol. The maximum absolute atomic E-state index is 12.8. The largest absolute Gasteiger partial charge is 0.481 e. The van der Waals surface area contributed by atoms with Crippen LogP contribution in [0.25, 0.3) is 0 Å². The highest BCUT2D eigenvalue weighted by molar-refractivity contribution is 5.81. The van der Waals surface area contributed by atoms with E-state index in [1.165, 1.54) is 5.56 Å². The SMILES string of the molecule is CC(C)(C(=O)O)c1cccc(C2[C@H]3CN(C(=O)C4CC5(CCON5)C4)C[C@@H]23)c1. The van der Waals surface area contributed by atoms with E-state index in [0.717, 1.165) is 44.5 Å². The van der Waals surface area contributed by atoms with Crippen molar-refractivity contribution in [3.8, 4) is 0 Å². The lowest BCUT2D eigenvalue weighted by atomic mass is 9.67. The summed E-state index contributed by atoms with van der Waals surface area (Å²) < 4.78 is 0. The first-order valence-electron chi connectivity index (χ1n) is 10.3. The summed E-state index contributed by atoms with van der Waals surface area (Å²) in [6.07, 6.45) is 2.80. The van der Waals surface area contributed by atoms with Gasteiger partial charge in [-0.05, 0) is 62.0 Å². The molecule has 5 rings (SSSR count). The number of hydrogen-bond acceptors (Lipinski definition) is 4. The molecule has 2 heterocycles.